The van der Waals surface area contributed by atoms with Crippen LogP contribution in [0.1, 0.15) is 52.9 Å². The molecule has 1 amide bonds. The third-order valence-corrected chi connectivity index (χ3v) is 2.71. The van der Waals surface area contributed by atoms with Crippen molar-refractivity contribution in [3.63, 3.8) is 0 Å². The summed E-state index contributed by atoms with van der Waals surface area (Å²) in [7, 11) is 0. The first-order valence-electron chi connectivity index (χ1n) is 6.15. The van der Waals surface area contributed by atoms with E-state index in [2.05, 4.69) is 19.2 Å². The molecule has 15 heavy (non-hydrogen) atoms. The van der Waals surface area contributed by atoms with Crippen LogP contribution in [-0.2, 0) is 4.79 Å². The van der Waals surface area contributed by atoms with Gasteiger partial charge in [-0.3, -0.25) is 4.79 Å². The number of carbonyl (C=O) groups is 1. The summed E-state index contributed by atoms with van der Waals surface area (Å²) in [4.78, 5) is 11.1. The van der Waals surface area contributed by atoms with Gasteiger partial charge in [-0.25, -0.2) is 0 Å². The predicted molar refractivity (Wildman–Crippen MR) is 65.7 cm³/mol. The summed E-state index contributed by atoms with van der Waals surface area (Å²) < 4.78 is 0. The minimum Gasteiger partial charge on any atom is -0.353 e. The topological polar surface area (TPSA) is 29.1 Å². The average Bonchev–Trinajstić information content (AvgIpc) is 2.23. The molecule has 0 aromatic heterocycles. The molecule has 0 aliphatic heterocycles. The van der Waals surface area contributed by atoms with Crippen LogP contribution in [0.15, 0.2) is 12.2 Å². The van der Waals surface area contributed by atoms with E-state index in [1.807, 2.05) is 6.92 Å². The van der Waals surface area contributed by atoms with Gasteiger partial charge in [0.25, 0.3) is 0 Å². The van der Waals surface area contributed by atoms with E-state index in [0.29, 0.717) is 0 Å². The number of nitrogens with one attached hydrogen (secondary N) is 1. The van der Waals surface area contributed by atoms with Gasteiger partial charge >= 0.3 is 0 Å². The van der Waals surface area contributed by atoms with Gasteiger partial charge in [0.2, 0.25) is 5.91 Å². The maximum absolute atomic E-state index is 11.1. The highest BCUT2D eigenvalue weighted by Gasteiger charge is 2.05. The largest absolute Gasteiger partial charge is 0.353 e. The molecule has 0 fully saturated rings. The molecule has 0 rings (SSSR count). The molecule has 0 heterocycles. The standard InChI is InChI=1S/C13H25NO/c1-4-7-9-12(6-3)10-11-14-13(15)8-5-2/h5,8,12H,4,6-7,9-11H2,1-3H3,(H,14,15). The fraction of sp³-hybridized carbons (Fsp3) is 0.769. The Morgan fingerprint density at radius 2 is 2.07 bits per heavy atom. The lowest BCUT2D eigenvalue weighted by atomic mass is 9.96. The van der Waals surface area contributed by atoms with Crippen LogP contribution in [0.3, 0.4) is 0 Å². The first-order valence-corrected chi connectivity index (χ1v) is 6.15. The summed E-state index contributed by atoms with van der Waals surface area (Å²) in [6.07, 6.45) is 9.55. The summed E-state index contributed by atoms with van der Waals surface area (Å²) in [6.45, 7) is 7.12. The molecule has 0 radical (unpaired) electrons. The van der Waals surface area contributed by atoms with E-state index in [0.717, 1.165) is 18.9 Å². The van der Waals surface area contributed by atoms with Crippen molar-refractivity contribution < 1.29 is 4.79 Å². The number of amides is 1. The van der Waals surface area contributed by atoms with Gasteiger partial charge < -0.3 is 5.32 Å². The fourth-order valence-electron chi connectivity index (χ4n) is 1.66. The van der Waals surface area contributed by atoms with Crippen LogP contribution in [0.25, 0.3) is 0 Å². The van der Waals surface area contributed by atoms with Gasteiger partial charge in [-0.05, 0) is 25.3 Å². The SMILES string of the molecule is CC=CC(=O)NCCC(CC)CCCC. The van der Waals surface area contributed by atoms with Gasteiger partial charge in [-0.1, -0.05) is 45.6 Å². The molecule has 2 heteroatoms. The van der Waals surface area contributed by atoms with Crippen LogP contribution in [0, 0.1) is 5.92 Å². The van der Waals surface area contributed by atoms with E-state index in [1.54, 1.807) is 12.2 Å². The highest BCUT2D eigenvalue weighted by atomic mass is 16.1. The van der Waals surface area contributed by atoms with Crippen molar-refractivity contribution in [1.82, 2.24) is 5.32 Å². The molecule has 0 aliphatic rings. The van der Waals surface area contributed by atoms with Crippen molar-refractivity contribution in [2.75, 3.05) is 6.54 Å². The summed E-state index contributed by atoms with van der Waals surface area (Å²) in [5.41, 5.74) is 0. The second kappa shape index (κ2) is 9.75. The van der Waals surface area contributed by atoms with Crippen LogP contribution in [-0.4, -0.2) is 12.5 Å². The zero-order chi connectivity index (χ0) is 11.5. The average molecular weight is 211 g/mol. The predicted octanol–water partition coefficient (Wildman–Crippen LogP) is 3.29. The molecule has 88 valence electrons. The van der Waals surface area contributed by atoms with Crippen molar-refractivity contribution >= 4 is 5.91 Å². The van der Waals surface area contributed by atoms with E-state index < -0.39 is 0 Å². The number of rotatable bonds is 8. The molecule has 0 aromatic rings. The number of unbranched alkanes of at least 4 members (excludes halogenated alkanes) is 1. The van der Waals surface area contributed by atoms with Crippen molar-refractivity contribution in [2.45, 2.75) is 52.9 Å². The lowest BCUT2D eigenvalue weighted by Gasteiger charge is -2.14. The lowest BCUT2D eigenvalue weighted by molar-refractivity contribution is -0.116. The summed E-state index contributed by atoms with van der Waals surface area (Å²) in [5.74, 6) is 0.804. The van der Waals surface area contributed by atoms with Crippen molar-refractivity contribution in [3.8, 4) is 0 Å². The molecule has 0 aliphatic carbocycles. The molecule has 2 nitrogen and oxygen atoms in total. The van der Waals surface area contributed by atoms with Gasteiger partial charge in [0.1, 0.15) is 0 Å². The maximum atomic E-state index is 11.1. The van der Waals surface area contributed by atoms with Crippen LogP contribution in [0.5, 0.6) is 0 Å². The van der Waals surface area contributed by atoms with Gasteiger partial charge in [0.15, 0.2) is 0 Å². The first kappa shape index (κ1) is 14.2. The minimum absolute atomic E-state index is 0.0304. The van der Waals surface area contributed by atoms with E-state index in [1.165, 1.54) is 25.7 Å². The number of hydrogen-bond acceptors (Lipinski definition) is 1. The molecule has 1 atom stereocenters. The molecule has 1 N–H and O–H groups in total. The van der Waals surface area contributed by atoms with Crippen molar-refractivity contribution in [2.24, 2.45) is 5.92 Å². The Morgan fingerprint density at radius 3 is 2.60 bits per heavy atom. The van der Waals surface area contributed by atoms with Crippen LogP contribution < -0.4 is 5.32 Å². The number of allylic oxidation sites excluding steroid dienone is 1. The molecule has 1 unspecified atom stereocenters. The van der Waals surface area contributed by atoms with Crippen LogP contribution >= 0.6 is 0 Å². The molecular weight excluding hydrogens is 186 g/mol. The van der Waals surface area contributed by atoms with Crippen molar-refractivity contribution in [3.05, 3.63) is 12.2 Å². The Morgan fingerprint density at radius 1 is 1.33 bits per heavy atom. The summed E-state index contributed by atoms with van der Waals surface area (Å²) in [6, 6.07) is 0. The molecular formula is C13H25NO. The Bertz CT molecular complexity index is 187. The van der Waals surface area contributed by atoms with E-state index in [9.17, 15) is 4.79 Å². The van der Waals surface area contributed by atoms with Gasteiger partial charge in [-0.2, -0.15) is 0 Å². The Balaban J connectivity index is 3.57. The quantitative estimate of drug-likeness (QED) is 0.613. The molecule has 0 saturated carbocycles. The van der Waals surface area contributed by atoms with Crippen LogP contribution in [0.2, 0.25) is 0 Å². The molecule has 0 bridgehead atoms. The fourth-order valence-corrected chi connectivity index (χ4v) is 1.66. The lowest BCUT2D eigenvalue weighted by Crippen LogP contribution is -2.23. The second-order valence-corrected chi connectivity index (χ2v) is 4.00. The van der Waals surface area contributed by atoms with E-state index in [-0.39, 0.29) is 5.91 Å². The third-order valence-electron chi connectivity index (χ3n) is 2.71. The highest BCUT2D eigenvalue weighted by Crippen LogP contribution is 2.15. The maximum Gasteiger partial charge on any atom is 0.243 e. The normalized spacial score (nSPS) is 13.0. The molecule has 0 spiro atoms. The second-order valence-electron chi connectivity index (χ2n) is 4.00. The Hall–Kier alpha value is -0.790. The third kappa shape index (κ3) is 8.22. The number of carbonyl (C=O) groups excluding carboxylic acids is 1. The minimum atomic E-state index is 0.0304. The van der Waals surface area contributed by atoms with Gasteiger partial charge in [0, 0.05) is 6.54 Å². The highest BCUT2D eigenvalue weighted by molar-refractivity contribution is 5.87. The van der Waals surface area contributed by atoms with Gasteiger partial charge in [-0.15, -0.1) is 0 Å². The van der Waals surface area contributed by atoms with Crippen molar-refractivity contribution in [1.29, 1.82) is 0 Å². The Kier molecular flexibility index (Phi) is 9.24. The van der Waals surface area contributed by atoms with E-state index in [4.69, 9.17) is 0 Å². The molecule has 0 aromatic carbocycles. The van der Waals surface area contributed by atoms with Crippen LogP contribution in [0.4, 0.5) is 0 Å². The summed E-state index contributed by atoms with van der Waals surface area (Å²) >= 11 is 0. The zero-order valence-electron chi connectivity index (χ0n) is 10.4. The van der Waals surface area contributed by atoms with E-state index >= 15 is 0 Å². The Labute approximate surface area is 94.1 Å². The molecule has 0 saturated heterocycles. The number of hydrogen-bond donors (Lipinski definition) is 1. The first-order chi connectivity index (χ1) is 7.24. The monoisotopic (exact) mass is 211 g/mol. The van der Waals surface area contributed by atoms with Gasteiger partial charge in [0.05, 0.1) is 0 Å². The zero-order valence-corrected chi connectivity index (χ0v) is 10.4. The smallest absolute Gasteiger partial charge is 0.243 e. The summed E-state index contributed by atoms with van der Waals surface area (Å²) in [5, 5.41) is 2.90.